The zero-order valence-corrected chi connectivity index (χ0v) is 27.6. The van der Waals surface area contributed by atoms with E-state index in [0.29, 0.717) is 41.9 Å². The fourth-order valence-electron chi connectivity index (χ4n) is 6.17. The summed E-state index contributed by atoms with van der Waals surface area (Å²) in [5.41, 5.74) is -6.49. The Bertz CT molecular complexity index is 1580. The molecular weight excluding hydrogens is 694 g/mol. The fourth-order valence-corrected chi connectivity index (χ4v) is 7.48. The Balaban J connectivity index is 0.00000500. The van der Waals surface area contributed by atoms with Crippen molar-refractivity contribution in [2.24, 2.45) is 5.92 Å². The van der Waals surface area contributed by atoms with Crippen molar-refractivity contribution in [3.05, 3.63) is 65.1 Å². The van der Waals surface area contributed by atoms with E-state index >= 15 is 4.39 Å². The van der Waals surface area contributed by atoms with Crippen molar-refractivity contribution in [2.75, 3.05) is 51.8 Å². The number of nitrogens with one attached hydrogen (secondary N) is 2. The first-order chi connectivity index (χ1) is 21.7. The van der Waals surface area contributed by atoms with Crippen LogP contribution in [0.15, 0.2) is 54.4 Å². The predicted molar refractivity (Wildman–Crippen MR) is 169 cm³/mol. The number of urea groups is 1. The van der Waals surface area contributed by atoms with Crippen molar-refractivity contribution in [2.45, 2.75) is 42.4 Å². The van der Waals surface area contributed by atoms with Crippen molar-refractivity contribution in [3.63, 3.8) is 0 Å². The molecule has 2 aromatic rings. The van der Waals surface area contributed by atoms with E-state index in [2.05, 4.69) is 15.7 Å². The molecule has 1 unspecified atom stereocenters. The number of sulfonamides is 1. The van der Waals surface area contributed by atoms with Crippen LogP contribution in [0.3, 0.4) is 0 Å². The summed E-state index contributed by atoms with van der Waals surface area (Å²) in [7, 11) is -3.92. The van der Waals surface area contributed by atoms with Gasteiger partial charge in [-0.3, -0.25) is 10.2 Å². The molecule has 1 aromatic heterocycles. The number of likely N-dealkylation sites (tertiary alicyclic amines) is 1. The largest absolute Gasteiger partial charge is 0.511 e. The molecule has 18 heteroatoms. The summed E-state index contributed by atoms with van der Waals surface area (Å²) in [5, 5.41) is 10.2. The number of hydrogen-bond donors (Lipinski definition) is 2. The number of para-hydroxylation sites is 1. The molecule has 2 aliphatic heterocycles. The minimum atomic E-state index is -5.47. The number of rotatable bonds is 9. The van der Waals surface area contributed by atoms with E-state index in [1.54, 1.807) is 37.4 Å². The highest BCUT2D eigenvalue weighted by molar-refractivity contribution is 7.90. The Morgan fingerprint density at radius 1 is 1.17 bits per heavy atom. The maximum absolute atomic E-state index is 16.1. The van der Waals surface area contributed by atoms with Gasteiger partial charge in [-0.1, -0.05) is 29.8 Å². The number of alkyl halides is 4. The number of nitrogens with zero attached hydrogens (tertiary/aromatic N) is 4. The highest BCUT2D eigenvalue weighted by atomic mass is 35.5. The van der Waals surface area contributed by atoms with E-state index in [9.17, 15) is 30.8 Å². The molecule has 2 fully saturated rings. The fraction of sp³-hybridized carbons (Fsp3) is 0.517. The Kier molecular flexibility index (Phi) is 11.7. The monoisotopic (exact) mass is 728 g/mol. The third kappa shape index (κ3) is 7.94. The highest BCUT2D eigenvalue weighted by Gasteiger charge is 2.51. The third-order valence-corrected chi connectivity index (χ3v) is 10.6. The number of aromatic nitrogens is 2. The van der Waals surface area contributed by atoms with Crippen LogP contribution in [0.2, 0.25) is 5.02 Å². The van der Waals surface area contributed by atoms with Crippen LogP contribution in [0.4, 0.5) is 32.6 Å². The van der Waals surface area contributed by atoms with Gasteiger partial charge >= 0.3 is 21.6 Å². The minimum absolute atomic E-state index is 0. The van der Waals surface area contributed by atoms with E-state index in [1.165, 1.54) is 16.8 Å². The van der Waals surface area contributed by atoms with Crippen LogP contribution in [-0.2, 0) is 14.8 Å². The molecule has 0 bridgehead atoms. The molecule has 3 heterocycles. The summed E-state index contributed by atoms with van der Waals surface area (Å²) < 4.78 is 99.8. The van der Waals surface area contributed by atoms with Gasteiger partial charge < -0.3 is 10.1 Å². The van der Waals surface area contributed by atoms with Crippen LogP contribution in [0.5, 0.6) is 0 Å². The van der Waals surface area contributed by atoms with E-state index in [0.717, 1.165) is 6.08 Å². The molecule has 0 spiro atoms. The highest BCUT2D eigenvalue weighted by Crippen LogP contribution is 2.41. The molecule has 2 saturated heterocycles. The van der Waals surface area contributed by atoms with Crippen LogP contribution in [0.1, 0.15) is 30.9 Å². The Morgan fingerprint density at radius 3 is 2.45 bits per heavy atom. The van der Waals surface area contributed by atoms with Gasteiger partial charge in [0, 0.05) is 58.1 Å². The molecule has 3 atom stereocenters. The lowest BCUT2D eigenvalue weighted by Crippen LogP contribution is -2.49. The van der Waals surface area contributed by atoms with Crippen LogP contribution >= 0.6 is 24.0 Å². The lowest BCUT2D eigenvalue weighted by molar-refractivity contribution is -0.0494. The summed E-state index contributed by atoms with van der Waals surface area (Å²) >= 11 is 6.77. The second-order valence-electron chi connectivity index (χ2n) is 11.5. The molecule has 260 valence electrons. The topological polar surface area (TPSA) is 109 Å². The van der Waals surface area contributed by atoms with Gasteiger partial charge in [0.1, 0.15) is 16.5 Å². The van der Waals surface area contributed by atoms with Gasteiger partial charge in [0.2, 0.25) is 0 Å². The molecular formula is C29H35Cl2F5N6O4S. The third-order valence-electron chi connectivity index (χ3n) is 8.63. The molecule has 47 heavy (non-hydrogen) atoms. The van der Waals surface area contributed by atoms with Crippen molar-refractivity contribution in [1.82, 2.24) is 24.3 Å². The van der Waals surface area contributed by atoms with Gasteiger partial charge in [0.25, 0.3) is 0 Å². The number of hydrogen-bond acceptors (Lipinski definition) is 6. The standard InChI is InChI=1S/C29H34ClF5N6O4S.ClH/c1-45-16-15-39-17-22(28(32)11-7-20(31)8-12-28)23(18-39)36-27(42)37-26-24(30)25(38-41(26)21-5-3-2-4-6-21)19-9-13-40(14-10-19)46(43,44)29(33,34)35;/h2-8,11,19,22-23H,9-10,12-18H2,1H3,(H2,36,37,42);1H/t22-,23-,28?;/m1./s1. The minimum Gasteiger partial charge on any atom is -0.383 e. The Hall–Kier alpha value is -2.76. The van der Waals surface area contributed by atoms with Gasteiger partial charge in [0.05, 0.1) is 24.0 Å². The van der Waals surface area contributed by atoms with E-state index in [4.69, 9.17) is 16.3 Å². The number of methoxy groups -OCH3 is 1. The van der Waals surface area contributed by atoms with Crippen molar-refractivity contribution >= 4 is 45.9 Å². The Morgan fingerprint density at radius 2 is 1.85 bits per heavy atom. The number of ether oxygens (including phenoxy) is 1. The maximum atomic E-state index is 16.1. The molecule has 3 aliphatic rings. The summed E-state index contributed by atoms with van der Waals surface area (Å²) in [6.07, 6.45) is 3.32. The summed E-state index contributed by atoms with van der Waals surface area (Å²) in [6.45, 7) is 0.724. The van der Waals surface area contributed by atoms with E-state index in [1.807, 2.05) is 4.90 Å². The number of amides is 2. The summed E-state index contributed by atoms with van der Waals surface area (Å²) in [6, 6.07) is 7.30. The van der Waals surface area contributed by atoms with Gasteiger partial charge in [-0.15, -0.1) is 12.4 Å². The number of anilines is 1. The number of halogens is 7. The first-order valence-corrected chi connectivity index (χ1v) is 16.5. The average molecular weight is 730 g/mol. The van der Waals surface area contributed by atoms with Crippen LogP contribution in [0, 0.1) is 5.92 Å². The average Bonchev–Trinajstić information content (AvgIpc) is 3.58. The second kappa shape index (κ2) is 14.8. The lowest BCUT2D eigenvalue weighted by Gasteiger charge is -2.33. The number of carbonyl (C=O) groups is 1. The number of allylic oxidation sites excluding steroid dienone is 4. The summed E-state index contributed by atoms with van der Waals surface area (Å²) in [4.78, 5) is 15.4. The van der Waals surface area contributed by atoms with Crippen molar-refractivity contribution in [1.29, 1.82) is 0 Å². The van der Waals surface area contributed by atoms with E-state index < -0.39 is 50.9 Å². The molecule has 0 radical (unpaired) electrons. The van der Waals surface area contributed by atoms with Gasteiger partial charge in [-0.05, 0) is 43.2 Å². The maximum Gasteiger partial charge on any atom is 0.511 e. The molecule has 1 aliphatic carbocycles. The number of carbonyl (C=O) groups excluding carboxylic acids is 1. The zero-order chi connectivity index (χ0) is 33.3. The molecule has 2 N–H and O–H groups in total. The van der Waals surface area contributed by atoms with Crippen LogP contribution in [0.25, 0.3) is 5.69 Å². The number of piperidine rings is 1. The van der Waals surface area contributed by atoms with Gasteiger partial charge in [0.15, 0.2) is 5.82 Å². The molecule has 2 amide bonds. The predicted octanol–water partition coefficient (Wildman–Crippen LogP) is 5.57. The number of benzene rings is 1. The zero-order valence-electron chi connectivity index (χ0n) is 25.2. The first kappa shape index (κ1) is 37.1. The van der Waals surface area contributed by atoms with Crippen LogP contribution < -0.4 is 10.6 Å². The quantitative estimate of drug-likeness (QED) is 0.327. The molecule has 5 rings (SSSR count). The lowest BCUT2D eigenvalue weighted by atomic mass is 9.80. The van der Waals surface area contributed by atoms with E-state index in [-0.39, 0.29) is 55.6 Å². The summed E-state index contributed by atoms with van der Waals surface area (Å²) in [5.74, 6) is -1.66. The first-order valence-electron chi connectivity index (χ1n) is 14.7. The van der Waals surface area contributed by atoms with Crippen molar-refractivity contribution in [3.8, 4) is 5.69 Å². The van der Waals surface area contributed by atoms with Crippen LogP contribution in [-0.4, -0.2) is 97.1 Å². The normalized spacial score (nSPS) is 24.5. The SMILES string of the molecule is COCCN1C[C@@H](C2(F)C=CC(F)=CC2)[C@H](NC(=O)Nc2c(Cl)c(C3CCN(S(=O)(=O)C(F)(F)F)CC3)nn2-c2ccccc2)C1.Cl. The smallest absolute Gasteiger partial charge is 0.383 e. The molecule has 1 aromatic carbocycles. The van der Waals surface area contributed by atoms with Gasteiger partial charge in [-0.2, -0.15) is 22.6 Å². The van der Waals surface area contributed by atoms with Crippen molar-refractivity contribution < 1.29 is 39.9 Å². The Labute approximate surface area is 280 Å². The van der Waals surface area contributed by atoms with Gasteiger partial charge in [-0.25, -0.2) is 26.7 Å². The second-order valence-corrected chi connectivity index (χ2v) is 13.8. The molecule has 0 saturated carbocycles. The molecule has 10 nitrogen and oxygen atoms in total.